The molecule has 0 amide bonds. The molecular weight excluding hydrogens is 490 g/mol. The molecule has 1 heterocycles. The van der Waals surface area contributed by atoms with Crippen LogP contribution in [0.25, 0.3) is 6.08 Å². The maximum Gasteiger partial charge on any atom is 0.435 e. The lowest BCUT2D eigenvalue weighted by atomic mass is 9.88. The number of sulfonamides is 1. The molecule has 12 heteroatoms. The fourth-order valence-corrected chi connectivity index (χ4v) is 4.14. The molecule has 0 bridgehead atoms. The third kappa shape index (κ3) is 5.18. The van der Waals surface area contributed by atoms with Gasteiger partial charge in [-0.1, -0.05) is 40.5 Å². The van der Waals surface area contributed by atoms with Gasteiger partial charge in [-0.05, 0) is 42.0 Å². The highest BCUT2D eigenvalue weighted by Crippen LogP contribution is 2.49. The van der Waals surface area contributed by atoms with E-state index in [-0.39, 0.29) is 32.6 Å². The molecule has 1 N–H and O–H groups in total. The zero-order chi connectivity index (χ0) is 23.7. The van der Waals surface area contributed by atoms with Gasteiger partial charge in [0.05, 0.1) is 23.2 Å². The van der Waals surface area contributed by atoms with E-state index in [4.69, 9.17) is 33.3 Å². The molecule has 2 aromatic carbocycles. The highest BCUT2D eigenvalue weighted by molar-refractivity contribution is 7.92. The fraction of sp³-hybridized carbons (Fsp3) is 0.200. The molecule has 1 atom stereocenters. The van der Waals surface area contributed by atoms with Gasteiger partial charge in [-0.25, -0.2) is 8.42 Å². The van der Waals surface area contributed by atoms with Gasteiger partial charge in [0.1, 0.15) is 6.07 Å². The number of nitrogens with zero attached hydrogens (tertiary/aromatic N) is 2. The zero-order valence-corrected chi connectivity index (χ0v) is 18.6. The average molecular weight is 504 g/mol. The maximum absolute atomic E-state index is 14.0. The smallest absolute Gasteiger partial charge is 0.374 e. The molecule has 0 spiro atoms. The molecule has 0 fully saturated rings. The van der Waals surface area contributed by atoms with Gasteiger partial charge in [-0.15, -0.1) is 0 Å². The number of allylic oxidation sites excluding steroid dienone is 1. The Morgan fingerprint density at radius 1 is 1.19 bits per heavy atom. The molecule has 0 aromatic heterocycles. The molecule has 1 aliphatic rings. The molecule has 0 saturated carbocycles. The van der Waals surface area contributed by atoms with Gasteiger partial charge < -0.3 is 4.84 Å². The van der Waals surface area contributed by atoms with E-state index in [1.54, 1.807) is 0 Å². The molecule has 0 saturated heterocycles. The van der Waals surface area contributed by atoms with Crippen molar-refractivity contribution in [1.29, 1.82) is 5.26 Å². The number of anilines is 1. The van der Waals surface area contributed by atoms with E-state index in [0.29, 0.717) is 5.56 Å². The molecule has 0 aliphatic carbocycles. The number of oxime groups is 1. The van der Waals surface area contributed by atoms with E-state index in [1.807, 2.05) is 6.07 Å². The number of nitriles is 1. The highest BCUT2D eigenvalue weighted by Gasteiger charge is 2.62. The molecule has 168 valence electrons. The van der Waals surface area contributed by atoms with Crippen LogP contribution in [0.5, 0.6) is 0 Å². The number of hydrogen-bond donors (Lipinski definition) is 1. The lowest BCUT2D eigenvalue weighted by molar-refractivity contribution is -0.275. The summed E-state index contributed by atoms with van der Waals surface area (Å²) in [6, 6.07) is 9.66. The van der Waals surface area contributed by atoms with Crippen LogP contribution in [0.4, 0.5) is 18.9 Å². The summed E-state index contributed by atoms with van der Waals surface area (Å²) in [4.78, 5) is 4.89. The van der Waals surface area contributed by atoms with Crippen molar-refractivity contribution < 1.29 is 26.4 Å². The van der Waals surface area contributed by atoms with Gasteiger partial charge in [0.25, 0.3) is 5.60 Å². The number of hydrogen-bond acceptors (Lipinski definition) is 5. The first-order chi connectivity index (χ1) is 14.8. The Kier molecular flexibility index (Phi) is 6.47. The molecule has 1 aliphatic heterocycles. The van der Waals surface area contributed by atoms with E-state index >= 15 is 0 Å². The van der Waals surface area contributed by atoms with Crippen LogP contribution in [-0.2, 0) is 20.5 Å². The van der Waals surface area contributed by atoms with E-state index in [2.05, 4.69) is 9.88 Å². The normalized spacial score (nSPS) is 18.8. The Balaban J connectivity index is 1.90. The number of rotatable bonds is 5. The number of alkyl halides is 3. The molecule has 32 heavy (non-hydrogen) atoms. The van der Waals surface area contributed by atoms with Gasteiger partial charge in [-0.2, -0.15) is 18.4 Å². The van der Waals surface area contributed by atoms with E-state index in [9.17, 15) is 21.6 Å². The van der Waals surface area contributed by atoms with Gasteiger partial charge >= 0.3 is 6.18 Å². The summed E-state index contributed by atoms with van der Waals surface area (Å²) in [5, 5.41) is 12.7. The second-order valence-corrected chi connectivity index (χ2v) is 9.58. The summed E-state index contributed by atoms with van der Waals surface area (Å²) in [6.45, 7) is 0. The Labute approximate surface area is 191 Å². The standard InChI is InChI=1S/C20H14Cl2F3N3O3S/c1-32(29,30)28-18-6-12(2-4-13(18)11-26)3-5-17-10-19(31-27-17,20(23,24)25)14-7-15(21)9-16(22)8-14/h2-9,28H,10H2,1H3/b5-3+. The molecule has 3 rings (SSSR count). The molecular formula is C20H14Cl2F3N3O3S. The predicted molar refractivity (Wildman–Crippen MR) is 116 cm³/mol. The Morgan fingerprint density at radius 2 is 1.84 bits per heavy atom. The average Bonchev–Trinajstić information content (AvgIpc) is 3.10. The van der Waals surface area contributed by atoms with Crippen LogP contribution in [0, 0.1) is 11.3 Å². The zero-order valence-electron chi connectivity index (χ0n) is 16.2. The number of nitrogens with one attached hydrogen (secondary N) is 1. The van der Waals surface area contributed by atoms with Gasteiger partial charge in [0.2, 0.25) is 10.0 Å². The van der Waals surface area contributed by atoms with Crippen LogP contribution in [0.3, 0.4) is 0 Å². The number of halogens is 5. The number of benzene rings is 2. The van der Waals surface area contributed by atoms with Crippen molar-refractivity contribution >= 4 is 50.7 Å². The lowest BCUT2D eigenvalue weighted by Gasteiger charge is -2.29. The third-order valence-corrected chi connectivity index (χ3v) is 5.49. The first-order valence-electron chi connectivity index (χ1n) is 8.81. The maximum atomic E-state index is 14.0. The van der Waals surface area contributed by atoms with Crippen LogP contribution >= 0.6 is 23.2 Å². The fourth-order valence-electron chi connectivity index (χ4n) is 3.04. The molecule has 6 nitrogen and oxygen atoms in total. The van der Waals surface area contributed by atoms with Gasteiger partial charge in [0.15, 0.2) is 0 Å². The van der Waals surface area contributed by atoms with Crippen molar-refractivity contribution in [3.63, 3.8) is 0 Å². The van der Waals surface area contributed by atoms with Crippen LogP contribution in [-0.4, -0.2) is 26.6 Å². The Hall–Kier alpha value is -2.74. The summed E-state index contributed by atoms with van der Waals surface area (Å²) in [6.07, 6.45) is -1.78. The minimum absolute atomic E-state index is 0.0135. The molecule has 1 unspecified atom stereocenters. The topological polar surface area (TPSA) is 91.6 Å². The van der Waals surface area contributed by atoms with Crippen molar-refractivity contribution in [2.45, 2.75) is 18.2 Å². The largest absolute Gasteiger partial charge is 0.435 e. The van der Waals surface area contributed by atoms with Gasteiger partial charge in [0, 0.05) is 22.0 Å². The lowest BCUT2D eigenvalue weighted by Crippen LogP contribution is -2.42. The summed E-state index contributed by atoms with van der Waals surface area (Å²) in [5.74, 6) is 0. The van der Waals surface area contributed by atoms with E-state index < -0.39 is 28.2 Å². The summed E-state index contributed by atoms with van der Waals surface area (Å²) < 4.78 is 67.2. The SMILES string of the molecule is CS(=O)(=O)Nc1cc(/C=C/C2=NOC(c3cc(Cl)cc(Cl)c3)(C(F)(F)F)C2)ccc1C#N. The van der Waals surface area contributed by atoms with E-state index in [1.165, 1.54) is 36.4 Å². The minimum Gasteiger partial charge on any atom is -0.374 e. The van der Waals surface area contributed by atoms with Crippen LogP contribution in [0.2, 0.25) is 10.0 Å². The van der Waals surface area contributed by atoms with Crippen LogP contribution < -0.4 is 4.72 Å². The van der Waals surface area contributed by atoms with Crippen molar-refractivity contribution in [1.82, 2.24) is 0 Å². The van der Waals surface area contributed by atoms with Gasteiger partial charge in [-0.3, -0.25) is 4.72 Å². The van der Waals surface area contributed by atoms with Crippen molar-refractivity contribution in [3.05, 3.63) is 69.2 Å². The van der Waals surface area contributed by atoms with Crippen LogP contribution in [0.15, 0.2) is 47.6 Å². The van der Waals surface area contributed by atoms with Crippen molar-refractivity contribution in [2.24, 2.45) is 5.16 Å². The first-order valence-corrected chi connectivity index (χ1v) is 11.5. The Morgan fingerprint density at radius 3 is 2.41 bits per heavy atom. The predicted octanol–water partition coefficient (Wildman–Crippen LogP) is 5.48. The van der Waals surface area contributed by atoms with Crippen LogP contribution in [0.1, 0.15) is 23.1 Å². The summed E-state index contributed by atoms with van der Waals surface area (Å²) >= 11 is 11.7. The molecule has 0 radical (unpaired) electrons. The van der Waals surface area contributed by atoms with Crippen molar-refractivity contribution in [3.8, 4) is 6.07 Å². The second kappa shape index (κ2) is 8.65. The molecule has 2 aromatic rings. The monoisotopic (exact) mass is 503 g/mol. The highest BCUT2D eigenvalue weighted by atomic mass is 35.5. The van der Waals surface area contributed by atoms with Crippen molar-refractivity contribution in [2.75, 3.05) is 11.0 Å². The quantitative estimate of drug-likeness (QED) is 0.584. The van der Waals surface area contributed by atoms with E-state index in [0.717, 1.165) is 18.4 Å². The first kappa shape index (κ1) is 23.9. The Bertz CT molecular complexity index is 1250. The summed E-state index contributed by atoms with van der Waals surface area (Å²) in [5.41, 5.74) is -2.50. The third-order valence-electron chi connectivity index (χ3n) is 4.46. The summed E-state index contributed by atoms with van der Waals surface area (Å²) in [7, 11) is -3.64. The second-order valence-electron chi connectivity index (χ2n) is 6.96. The minimum atomic E-state index is -4.82.